The average molecular weight is 270 g/mol. The van der Waals surface area contributed by atoms with Gasteiger partial charge in [-0.05, 0) is 32.9 Å². The van der Waals surface area contributed by atoms with E-state index in [9.17, 15) is 13.2 Å². The quantitative estimate of drug-likeness (QED) is 0.785. The number of carbonyl (C=O) groups excluding carboxylic acids is 1. The number of rotatable bonds is 4. The fourth-order valence-corrected chi connectivity index (χ4v) is 1.94. The van der Waals surface area contributed by atoms with E-state index >= 15 is 0 Å². The Kier molecular flexibility index (Phi) is 3.86. The third kappa shape index (κ3) is 2.56. The zero-order valence-corrected chi connectivity index (χ0v) is 12.1. The molecule has 0 heterocycles. The molecule has 0 atom stereocenters. The first-order valence-electron chi connectivity index (χ1n) is 5.50. The summed E-state index contributed by atoms with van der Waals surface area (Å²) < 4.78 is 27.0. The standard InChI is InChI=1S/C13H18O4S/c1-9-6-7-11(17-4)10(8-9)12(14)13(2,3)18(5,15)16/h6-8H,1-5H3. The van der Waals surface area contributed by atoms with Gasteiger partial charge < -0.3 is 4.74 Å². The van der Waals surface area contributed by atoms with Crippen molar-refractivity contribution in [3.63, 3.8) is 0 Å². The molecule has 0 saturated carbocycles. The van der Waals surface area contributed by atoms with Gasteiger partial charge in [-0.3, -0.25) is 4.79 Å². The predicted octanol–water partition coefficient (Wildman–Crippen LogP) is 2.01. The Labute approximate surface area is 108 Å². The van der Waals surface area contributed by atoms with Gasteiger partial charge in [0.15, 0.2) is 15.6 Å². The normalized spacial score (nSPS) is 12.3. The van der Waals surface area contributed by atoms with Crippen LogP contribution in [0.5, 0.6) is 5.75 Å². The van der Waals surface area contributed by atoms with E-state index in [2.05, 4.69) is 0 Å². The van der Waals surface area contributed by atoms with Gasteiger partial charge >= 0.3 is 0 Å². The minimum atomic E-state index is -3.49. The van der Waals surface area contributed by atoms with E-state index in [1.807, 2.05) is 13.0 Å². The molecule has 4 nitrogen and oxygen atoms in total. The monoisotopic (exact) mass is 270 g/mol. The van der Waals surface area contributed by atoms with Gasteiger partial charge in [-0.1, -0.05) is 11.6 Å². The maximum Gasteiger partial charge on any atom is 0.187 e. The highest BCUT2D eigenvalue weighted by atomic mass is 32.2. The van der Waals surface area contributed by atoms with Crippen LogP contribution in [0.15, 0.2) is 18.2 Å². The van der Waals surface area contributed by atoms with Crippen LogP contribution in [0.1, 0.15) is 29.8 Å². The number of hydrogen-bond donors (Lipinski definition) is 0. The summed E-state index contributed by atoms with van der Waals surface area (Å²) in [6, 6.07) is 5.12. The molecule has 0 fully saturated rings. The second-order valence-corrected chi connectivity index (χ2v) is 7.38. The lowest BCUT2D eigenvalue weighted by molar-refractivity contribution is 0.0951. The van der Waals surface area contributed by atoms with Crippen molar-refractivity contribution in [3.8, 4) is 5.75 Å². The van der Waals surface area contributed by atoms with Crippen molar-refractivity contribution in [2.45, 2.75) is 25.5 Å². The van der Waals surface area contributed by atoms with E-state index < -0.39 is 20.4 Å². The van der Waals surface area contributed by atoms with E-state index in [1.54, 1.807) is 12.1 Å². The molecule has 0 radical (unpaired) electrons. The number of hydrogen-bond acceptors (Lipinski definition) is 4. The van der Waals surface area contributed by atoms with Crippen LogP contribution in [0.2, 0.25) is 0 Å². The second-order valence-electron chi connectivity index (χ2n) is 4.82. The lowest BCUT2D eigenvalue weighted by Gasteiger charge is -2.22. The van der Waals surface area contributed by atoms with E-state index in [0.29, 0.717) is 11.3 Å². The molecule has 0 aliphatic heterocycles. The van der Waals surface area contributed by atoms with Crippen molar-refractivity contribution in [2.24, 2.45) is 0 Å². The molecular weight excluding hydrogens is 252 g/mol. The number of carbonyl (C=O) groups is 1. The second kappa shape index (κ2) is 4.72. The van der Waals surface area contributed by atoms with Crippen molar-refractivity contribution in [3.05, 3.63) is 29.3 Å². The van der Waals surface area contributed by atoms with Gasteiger partial charge in [-0.15, -0.1) is 0 Å². The van der Waals surface area contributed by atoms with Gasteiger partial charge in [-0.25, -0.2) is 8.42 Å². The first kappa shape index (κ1) is 14.7. The SMILES string of the molecule is COc1ccc(C)cc1C(=O)C(C)(C)S(C)(=O)=O. The minimum absolute atomic E-state index is 0.299. The summed E-state index contributed by atoms with van der Waals surface area (Å²) in [5, 5.41) is 0. The fourth-order valence-electron chi connectivity index (χ4n) is 1.49. The van der Waals surface area contributed by atoms with E-state index in [-0.39, 0.29) is 0 Å². The van der Waals surface area contributed by atoms with Crippen LogP contribution in [0, 0.1) is 6.92 Å². The first-order chi connectivity index (χ1) is 8.11. The molecule has 5 heteroatoms. The number of ketones is 1. The average Bonchev–Trinajstić information content (AvgIpc) is 2.26. The van der Waals surface area contributed by atoms with Crippen LogP contribution in [0.4, 0.5) is 0 Å². The molecule has 0 amide bonds. The van der Waals surface area contributed by atoms with Crippen molar-refractivity contribution in [1.29, 1.82) is 0 Å². The Hall–Kier alpha value is -1.36. The minimum Gasteiger partial charge on any atom is -0.496 e. The topological polar surface area (TPSA) is 60.4 Å². The molecule has 100 valence electrons. The van der Waals surface area contributed by atoms with Gasteiger partial charge in [0, 0.05) is 6.26 Å². The van der Waals surface area contributed by atoms with Crippen molar-refractivity contribution in [2.75, 3.05) is 13.4 Å². The molecule has 0 unspecified atom stereocenters. The maximum atomic E-state index is 12.4. The maximum absolute atomic E-state index is 12.4. The molecule has 1 aromatic rings. The van der Waals surface area contributed by atoms with Gasteiger partial charge in [0.2, 0.25) is 0 Å². The Morgan fingerprint density at radius 2 is 1.83 bits per heavy atom. The summed E-state index contributed by atoms with van der Waals surface area (Å²) in [6.07, 6.45) is 1.06. The van der Waals surface area contributed by atoms with Crippen LogP contribution >= 0.6 is 0 Å². The van der Waals surface area contributed by atoms with Crippen LogP contribution in [-0.2, 0) is 9.84 Å². The predicted molar refractivity (Wildman–Crippen MR) is 71.0 cm³/mol. The lowest BCUT2D eigenvalue weighted by Crippen LogP contribution is -2.40. The first-order valence-corrected chi connectivity index (χ1v) is 7.39. The molecule has 0 aliphatic rings. The van der Waals surface area contributed by atoms with E-state index in [4.69, 9.17) is 4.74 Å². The zero-order valence-electron chi connectivity index (χ0n) is 11.3. The van der Waals surface area contributed by atoms with Crippen molar-refractivity contribution >= 4 is 15.6 Å². The van der Waals surface area contributed by atoms with Crippen LogP contribution in [0.3, 0.4) is 0 Å². The number of Topliss-reactive ketones (excluding diaryl/α,β-unsaturated/α-hetero) is 1. The molecule has 18 heavy (non-hydrogen) atoms. The van der Waals surface area contributed by atoms with Crippen LogP contribution < -0.4 is 4.74 Å². The third-order valence-corrected chi connectivity index (χ3v) is 5.11. The largest absolute Gasteiger partial charge is 0.496 e. The Morgan fingerprint density at radius 1 is 1.28 bits per heavy atom. The van der Waals surface area contributed by atoms with Gasteiger partial charge in [-0.2, -0.15) is 0 Å². The highest BCUT2D eigenvalue weighted by molar-refractivity contribution is 7.92. The summed E-state index contributed by atoms with van der Waals surface area (Å²) >= 11 is 0. The smallest absolute Gasteiger partial charge is 0.187 e. The highest BCUT2D eigenvalue weighted by Gasteiger charge is 2.40. The van der Waals surface area contributed by atoms with E-state index in [0.717, 1.165) is 11.8 Å². The number of aryl methyl sites for hydroxylation is 1. The van der Waals surface area contributed by atoms with Gasteiger partial charge in [0.05, 0.1) is 12.7 Å². The van der Waals surface area contributed by atoms with Crippen LogP contribution in [0.25, 0.3) is 0 Å². The summed E-state index contributed by atoms with van der Waals surface area (Å²) in [5.74, 6) is -0.0622. The molecule has 0 N–H and O–H groups in total. The molecule has 1 aromatic carbocycles. The number of ether oxygens (including phenoxy) is 1. The molecule has 0 saturated heterocycles. The zero-order chi connectivity index (χ0) is 14.1. The summed E-state index contributed by atoms with van der Waals surface area (Å²) in [5.41, 5.74) is 1.18. The molecule has 0 aromatic heterocycles. The molecular formula is C13H18O4S. The van der Waals surface area contributed by atoms with Gasteiger partial charge in [0.1, 0.15) is 10.5 Å². The van der Waals surface area contributed by atoms with Crippen molar-refractivity contribution < 1.29 is 17.9 Å². The third-order valence-electron chi connectivity index (χ3n) is 3.07. The fraction of sp³-hybridized carbons (Fsp3) is 0.462. The lowest BCUT2D eigenvalue weighted by atomic mass is 9.98. The molecule has 0 spiro atoms. The number of methoxy groups -OCH3 is 1. The number of benzene rings is 1. The van der Waals surface area contributed by atoms with Crippen molar-refractivity contribution in [1.82, 2.24) is 0 Å². The highest BCUT2D eigenvalue weighted by Crippen LogP contribution is 2.28. The summed E-state index contributed by atoms with van der Waals surface area (Å²) in [6.45, 7) is 4.66. The van der Waals surface area contributed by atoms with Crippen LogP contribution in [-0.4, -0.2) is 32.3 Å². The molecule has 1 rings (SSSR count). The number of sulfone groups is 1. The Bertz CT molecular complexity index is 571. The Balaban J connectivity index is 3.40. The molecule has 0 bridgehead atoms. The van der Waals surface area contributed by atoms with E-state index in [1.165, 1.54) is 21.0 Å². The summed E-state index contributed by atoms with van der Waals surface area (Å²) in [7, 11) is -2.04. The Morgan fingerprint density at radius 3 is 2.28 bits per heavy atom. The summed E-state index contributed by atoms with van der Waals surface area (Å²) in [4.78, 5) is 12.4. The van der Waals surface area contributed by atoms with Gasteiger partial charge in [0.25, 0.3) is 0 Å². The molecule has 0 aliphatic carbocycles.